The summed E-state index contributed by atoms with van der Waals surface area (Å²) in [5.41, 5.74) is 11.1. The number of carbonyl (C=O) groups excluding carboxylic acids is 2. The number of thiazole rings is 1. The van der Waals surface area contributed by atoms with Crippen LogP contribution >= 0.6 is 34.9 Å². The first-order valence-electron chi connectivity index (χ1n) is 8.28. The molecule has 2 unspecified atom stereocenters. The number of nitrogen functional groups attached to an aromatic ring is 1. The molecule has 6 N–H and O–H groups in total. The third-order valence-electron chi connectivity index (χ3n) is 4.04. The molecule has 0 saturated carbocycles. The molecule has 0 radical (unpaired) electrons. The predicted molar refractivity (Wildman–Crippen MR) is 111 cm³/mol. The molecular formula is C15H18N6O5S3. The largest absolute Gasteiger partial charge is 0.477 e. The summed E-state index contributed by atoms with van der Waals surface area (Å²) in [5.74, 6) is -1.37. The molecular weight excluding hydrogens is 440 g/mol. The number of nitrogens with zero attached hydrogens (tertiary/aromatic N) is 3. The van der Waals surface area contributed by atoms with Gasteiger partial charge in [0.2, 0.25) is 0 Å². The summed E-state index contributed by atoms with van der Waals surface area (Å²) >= 11 is 3.77. The fraction of sp³-hybridized carbons (Fsp3) is 0.400. The lowest BCUT2D eigenvalue weighted by Crippen LogP contribution is -2.72. The minimum atomic E-state index is -1.19. The molecule has 29 heavy (non-hydrogen) atoms. The molecule has 2 atom stereocenters. The van der Waals surface area contributed by atoms with Gasteiger partial charge in [-0.05, 0) is 0 Å². The van der Waals surface area contributed by atoms with Crippen LogP contribution in [-0.2, 0) is 19.2 Å². The smallest absolute Gasteiger partial charge is 0.354 e. The predicted octanol–water partition coefficient (Wildman–Crippen LogP) is -0.536. The highest BCUT2D eigenvalue weighted by Crippen LogP contribution is 2.43. The number of carboxylic acids is 1. The fourth-order valence-corrected chi connectivity index (χ4v) is 5.78. The number of rotatable bonds is 8. The number of β-lactam (4-membered cyclic amide) rings is 1. The Kier molecular flexibility index (Phi) is 6.66. The number of thioether (sulfide) groups is 2. The Morgan fingerprint density at radius 3 is 2.90 bits per heavy atom. The number of hydrogen-bond acceptors (Lipinski definition) is 11. The first-order valence-corrected chi connectivity index (χ1v) is 11.1. The molecule has 2 aliphatic rings. The average Bonchev–Trinajstić information content (AvgIpc) is 3.13. The van der Waals surface area contributed by atoms with E-state index in [4.69, 9.17) is 16.3 Å². The van der Waals surface area contributed by atoms with Gasteiger partial charge in [-0.3, -0.25) is 14.5 Å². The number of aliphatic carboxylic acids is 1. The lowest BCUT2D eigenvalue weighted by Gasteiger charge is -2.49. The van der Waals surface area contributed by atoms with E-state index in [-0.39, 0.29) is 22.2 Å². The molecule has 2 aliphatic heterocycles. The number of nitrogens with two attached hydrogens (primary N) is 2. The standard InChI is InChI=1S/C15H18N6O5S3/c1-26-20-8(6-4-29-15(17)18-6)11(22)19-9-7-5-28-14(27-3-2-16)10(13(24)25)21(7)12(9)23/h4,7,9H,2-3,5,16H2,1H3,(H2,17,18)(H,19,22)(H,24,25). The minimum Gasteiger partial charge on any atom is -0.477 e. The Labute approximate surface area is 177 Å². The van der Waals surface area contributed by atoms with Crippen molar-refractivity contribution in [3.63, 3.8) is 0 Å². The van der Waals surface area contributed by atoms with Gasteiger partial charge in [0, 0.05) is 23.4 Å². The normalized spacial score (nSPS) is 21.5. The number of fused-ring (bicyclic) bond motifs is 1. The van der Waals surface area contributed by atoms with Gasteiger partial charge >= 0.3 is 5.97 Å². The van der Waals surface area contributed by atoms with Gasteiger partial charge in [0.1, 0.15) is 18.8 Å². The second-order valence-electron chi connectivity index (χ2n) is 5.81. The van der Waals surface area contributed by atoms with E-state index >= 15 is 0 Å². The fourth-order valence-electron chi connectivity index (χ4n) is 2.83. The van der Waals surface area contributed by atoms with Gasteiger partial charge in [-0.2, -0.15) is 0 Å². The van der Waals surface area contributed by atoms with E-state index in [0.29, 0.717) is 22.3 Å². The maximum Gasteiger partial charge on any atom is 0.354 e. The number of oxime groups is 1. The number of amides is 2. The second kappa shape index (κ2) is 9.02. The zero-order valence-corrected chi connectivity index (χ0v) is 17.6. The van der Waals surface area contributed by atoms with Crippen molar-refractivity contribution in [1.29, 1.82) is 0 Å². The molecule has 11 nitrogen and oxygen atoms in total. The van der Waals surface area contributed by atoms with Crippen LogP contribution in [-0.4, -0.2) is 75.7 Å². The van der Waals surface area contributed by atoms with Gasteiger partial charge < -0.3 is 26.7 Å². The van der Waals surface area contributed by atoms with Gasteiger partial charge in [-0.1, -0.05) is 5.16 Å². The zero-order chi connectivity index (χ0) is 21.1. The van der Waals surface area contributed by atoms with E-state index in [2.05, 4.69) is 15.5 Å². The van der Waals surface area contributed by atoms with Gasteiger partial charge in [0.15, 0.2) is 16.5 Å². The highest BCUT2D eigenvalue weighted by molar-refractivity contribution is 8.22. The van der Waals surface area contributed by atoms with Crippen molar-refractivity contribution in [3.8, 4) is 0 Å². The minimum absolute atomic E-state index is 0.0711. The third-order valence-corrected chi connectivity index (χ3v) is 7.28. The number of anilines is 1. The van der Waals surface area contributed by atoms with Crippen molar-refractivity contribution < 1.29 is 24.3 Å². The molecule has 3 rings (SSSR count). The molecule has 0 aromatic carbocycles. The summed E-state index contributed by atoms with van der Waals surface area (Å²) < 4.78 is 0.539. The van der Waals surface area contributed by atoms with Crippen LogP contribution < -0.4 is 16.8 Å². The van der Waals surface area contributed by atoms with Crippen molar-refractivity contribution in [1.82, 2.24) is 15.2 Å². The summed E-state index contributed by atoms with van der Waals surface area (Å²) in [6.07, 6.45) is 0. The monoisotopic (exact) mass is 458 g/mol. The Bertz CT molecular complexity index is 901. The van der Waals surface area contributed by atoms with Gasteiger partial charge in [0.25, 0.3) is 11.8 Å². The van der Waals surface area contributed by atoms with E-state index in [1.54, 1.807) is 5.38 Å². The van der Waals surface area contributed by atoms with Crippen LogP contribution in [0.5, 0.6) is 0 Å². The van der Waals surface area contributed by atoms with E-state index in [1.165, 1.54) is 35.5 Å². The average molecular weight is 459 g/mol. The lowest BCUT2D eigenvalue weighted by atomic mass is 9.95. The SMILES string of the molecule is CON=C(C(=O)NC1C(=O)N2C(C(=O)O)=C(SCCN)SCC12)c1csc(N)n1. The zero-order valence-electron chi connectivity index (χ0n) is 15.2. The van der Waals surface area contributed by atoms with Crippen LogP contribution in [0.4, 0.5) is 5.13 Å². The summed E-state index contributed by atoms with van der Waals surface area (Å²) in [5, 5.41) is 17.7. The molecule has 1 saturated heterocycles. The second-order valence-corrected chi connectivity index (χ2v) is 9.09. The molecule has 0 bridgehead atoms. The van der Waals surface area contributed by atoms with E-state index in [9.17, 15) is 19.5 Å². The Balaban J connectivity index is 1.77. The van der Waals surface area contributed by atoms with Gasteiger partial charge in [0.05, 0.1) is 10.3 Å². The Morgan fingerprint density at radius 1 is 1.55 bits per heavy atom. The number of carboxylic acid groups (broad SMARTS) is 1. The molecule has 1 aromatic rings. The van der Waals surface area contributed by atoms with Crippen molar-refractivity contribution in [2.45, 2.75) is 12.1 Å². The summed E-state index contributed by atoms with van der Waals surface area (Å²) in [7, 11) is 1.28. The molecule has 1 fully saturated rings. The summed E-state index contributed by atoms with van der Waals surface area (Å²) in [6, 6.07) is -1.35. The molecule has 14 heteroatoms. The van der Waals surface area contributed by atoms with Crippen LogP contribution in [0.15, 0.2) is 20.5 Å². The van der Waals surface area contributed by atoms with Gasteiger partial charge in [-0.15, -0.1) is 34.9 Å². The van der Waals surface area contributed by atoms with E-state index in [1.807, 2.05) is 0 Å². The number of nitrogens with one attached hydrogen (secondary N) is 1. The Morgan fingerprint density at radius 2 is 2.31 bits per heavy atom. The molecule has 0 aliphatic carbocycles. The lowest BCUT2D eigenvalue weighted by molar-refractivity contribution is -0.153. The first kappa shape index (κ1) is 21.4. The van der Waals surface area contributed by atoms with Crippen LogP contribution in [0.2, 0.25) is 0 Å². The van der Waals surface area contributed by atoms with Crippen molar-refractivity contribution in [3.05, 3.63) is 21.0 Å². The highest BCUT2D eigenvalue weighted by Gasteiger charge is 2.54. The van der Waals surface area contributed by atoms with Crippen LogP contribution in [0.3, 0.4) is 0 Å². The maximum atomic E-state index is 12.7. The molecule has 2 amide bonds. The maximum absolute atomic E-state index is 12.7. The molecule has 0 spiro atoms. The third kappa shape index (κ3) is 4.19. The van der Waals surface area contributed by atoms with Gasteiger partial charge in [-0.25, -0.2) is 9.78 Å². The van der Waals surface area contributed by atoms with Crippen molar-refractivity contribution in [2.75, 3.05) is 30.9 Å². The number of hydrogen-bond donors (Lipinski definition) is 4. The first-order chi connectivity index (χ1) is 13.9. The summed E-state index contributed by atoms with van der Waals surface area (Å²) in [6.45, 7) is 0.389. The molecule has 1 aromatic heterocycles. The van der Waals surface area contributed by atoms with Crippen LogP contribution in [0.1, 0.15) is 5.69 Å². The van der Waals surface area contributed by atoms with Crippen molar-refractivity contribution >= 4 is 63.5 Å². The summed E-state index contributed by atoms with van der Waals surface area (Å²) in [4.78, 5) is 47.0. The number of carbonyl (C=O) groups is 3. The quantitative estimate of drug-likeness (QED) is 0.225. The Hall–Kier alpha value is -2.29. The van der Waals surface area contributed by atoms with E-state index in [0.717, 1.165) is 11.3 Å². The van der Waals surface area contributed by atoms with E-state index < -0.39 is 29.9 Å². The topological polar surface area (TPSA) is 173 Å². The number of aromatic nitrogens is 1. The molecule has 156 valence electrons. The highest BCUT2D eigenvalue weighted by atomic mass is 32.2. The van der Waals surface area contributed by atoms with Crippen LogP contribution in [0, 0.1) is 0 Å². The van der Waals surface area contributed by atoms with Crippen molar-refractivity contribution in [2.24, 2.45) is 10.9 Å². The van der Waals surface area contributed by atoms with Crippen LogP contribution in [0.25, 0.3) is 0 Å². The molecule has 3 heterocycles.